The molecule has 20 heavy (non-hydrogen) atoms. The molecule has 2 heterocycles. The molecule has 104 valence electrons. The van der Waals surface area contributed by atoms with Gasteiger partial charge in [0, 0.05) is 23.7 Å². The number of nitrogens with zero attached hydrogens (tertiary/aromatic N) is 2. The molecule has 3 aromatic rings. The first kappa shape index (κ1) is 12.9. The van der Waals surface area contributed by atoms with Gasteiger partial charge < -0.3 is 4.42 Å². The van der Waals surface area contributed by atoms with E-state index in [1.165, 1.54) is 0 Å². The van der Waals surface area contributed by atoms with E-state index in [0.29, 0.717) is 0 Å². The third-order valence-electron chi connectivity index (χ3n) is 3.75. The van der Waals surface area contributed by atoms with Gasteiger partial charge in [-0.05, 0) is 26.0 Å². The van der Waals surface area contributed by atoms with Crippen LogP contribution >= 0.6 is 0 Å². The van der Waals surface area contributed by atoms with Crippen LogP contribution in [0.5, 0.6) is 0 Å². The van der Waals surface area contributed by atoms with Crippen molar-refractivity contribution in [2.24, 2.45) is 12.9 Å². The summed E-state index contributed by atoms with van der Waals surface area (Å²) in [4.78, 5) is 0. The zero-order chi connectivity index (χ0) is 14.3. The van der Waals surface area contributed by atoms with E-state index in [4.69, 9.17) is 10.3 Å². The van der Waals surface area contributed by atoms with Gasteiger partial charge in [0.2, 0.25) is 0 Å². The molecule has 2 aromatic heterocycles. The van der Waals surface area contributed by atoms with Crippen molar-refractivity contribution >= 4 is 11.0 Å². The van der Waals surface area contributed by atoms with Crippen LogP contribution in [-0.2, 0) is 7.05 Å². The summed E-state index contributed by atoms with van der Waals surface area (Å²) >= 11 is 0. The zero-order valence-corrected chi connectivity index (χ0v) is 11.8. The van der Waals surface area contributed by atoms with Crippen molar-refractivity contribution in [3.63, 3.8) is 0 Å². The van der Waals surface area contributed by atoms with Gasteiger partial charge in [-0.1, -0.05) is 18.2 Å². The minimum atomic E-state index is -0.198. The van der Waals surface area contributed by atoms with Crippen LogP contribution in [0.3, 0.4) is 0 Å². The fraction of sp³-hybridized carbons (Fsp3) is 0.267. The molecule has 1 atom stereocenters. The van der Waals surface area contributed by atoms with Crippen molar-refractivity contribution in [1.82, 2.24) is 15.2 Å². The quantitative estimate of drug-likeness (QED) is 0.566. The number of hydrazine groups is 1. The van der Waals surface area contributed by atoms with Gasteiger partial charge in [-0.25, -0.2) is 5.43 Å². The summed E-state index contributed by atoms with van der Waals surface area (Å²) in [5.74, 6) is 6.56. The Morgan fingerprint density at radius 2 is 2.05 bits per heavy atom. The van der Waals surface area contributed by atoms with Gasteiger partial charge in [-0.2, -0.15) is 5.10 Å². The Kier molecular flexibility index (Phi) is 3.08. The second-order valence-electron chi connectivity index (χ2n) is 4.99. The molecule has 0 aliphatic rings. The van der Waals surface area contributed by atoms with E-state index >= 15 is 0 Å². The van der Waals surface area contributed by atoms with Crippen molar-refractivity contribution in [1.29, 1.82) is 0 Å². The molecule has 0 saturated heterocycles. The van der Waals surface area contributed by atoms with Gasteiger partial charge in [0.15, 0.2) is 0 Å². The molecule has 1 unspecified atom stereocenters. The minimum Gasteiger partial charge on any atom is -0.459 e. The molecular formula is C15H18N4O. The van der Waals surface area contributed by atoms with Crippen LogP contribution in [0.25, 0.3) is 11.0 Å². The van der Waals surface area contributed by atoms with Crippen molar-refractivity contribution in [3.8, 4) is 0 Å². The highest BCUT2D eigenvalue weighted by Gasteiger charge is 2.23. The second kappa shape index (κ2) is 4.77. The van der Waals surface area contributed by atoms with Crippen molar-refractivity contribution in [2.75, 3.05) is 0 Å². The average Bonchev–Trinajstić information content (AvgIpc) is 2.96. The molecule has 1 aromatic carbocycles. The summed E-state index contributed by atoms with van der Waals surface area (Å²) in [6.07, 6.45) is 0. The van der Waals surface area contributed by atoms with Gasteiger partial charge in [-0.15, -0.1) is 0 Å². The minimum absolute atomic E-state index is 0.198. The van der Waals surface area contributed by atoms with Gasteiger partial charge in [-0.3, -0.25) is 10.5 Å². The van der Waals surface area contributed by atoms with Crippen LogP contribution < -0.4 is 11.3 Å². The van der Waals surface area contributed by atoms with Crippen LogP contribution in [0.2, 0.25) is 0 Å². The SMILES string of the molecule is Cc1nn(C)c(C)c1C(NN)c1cc2ccccc2o1. The van der Waals surface area contributed by atoms with Crippen molar-refractivity contribution < 1.29 is 4.42 Å². The highest BCUT2D eigenvalue weighted by molar-refractivity contribution is 5.78. The summed E-state index contributed by atoms with van der Waals surface area (Å²) < 4.78 is 7.77. The lowest BCUT2D eigenvalue weighted by atomic mass is 10.0. The number of aromatic nitrogens is 2. The highest BCUT2D eigenvalue weighted by atomic mass is 16.3. The molecule has 0 spiro atoms. The van der Waals surface area contributed by atoms with Crippen LogP contribution in [0.15, 0.2) is 34.7 Å². The lowest BCUT2D eigenvalue weighted by Gasteiger charge is -2.14. The molecule has 3 rings (SSSR count). The maximum absolute atomic E-state index is 5.92. The number of fused-ring (bicyclic) bond motifs is 1. The largest absolute Gasteiger partial charge is 0.459 e. The first-order chi connectivity index (χ1) is 9.61. The van der Waals surface area contributed by atoms with E-state index in [-0.39, 0.29) is 6.04 Å². The molecule has 5 heteroatoms. The zero-order valence-electron chi connectivity index (χ0n) is 11.8. The number of para-hydroxylation sites is 1. The van der Waals surface area contributed by atoms with E-state index in [9.17, 15) is 0 Å². The number of benzene rings is 1. The van der Waals surface area contributed by atoms with Gasteiger partial charge in [0.25, 0.3) is 0 Å². The van der Waals surface area contributed by atoms with E-state index < -0.39 is 0 Å². The number of rotatable bonds is 3. The van der Waals surface area contributed by atoms with Gasteiger partial charge in [0.05, 0.1) is 5.69 Å². The lowest BCUT2D eigenvalue weighted by molar-refractivity contribution is 0.475. The third-order valence-corrected chi connectivity index (χ3v) is 3.75. The second-order valence-corrected chi connectivity index (χ2v) is 4.99. The monoisotopic (exact) mass is 270 g/mol. The van der Waals surface area contributed by atoms with Gasteiger partial charge >= 0.3 is 0 Å². The number of aryl methyl sites for hydroxylation is 2. The summed E-state index contributed by atoms with van der Waals surface area (Å²) in [5, 5.41) is 5.51. The fourth-order valence-electron chi connectivity index (χ4n) is 2.66. The summed E-state index contributed by atoms with van der Waals surface area (Å²) in [5.41, 5.74) is 6.80. The predicted molar refractivity (Wildman–Crippen MR) is 78.1 cm³/mol. The maximum Gasteiger partial charge on any atom is 0.134 e. The fourth-order valence-corrected chi connectivity index (χ4v) is 2.66. The first-order valence-corrected chi connectivity index (χ1v) is 6.56. The Morgan fingerprint density at radius 3 is 2.65 bits per heavy atom. The first-order valence-electron chi connectivity index (χ1n) is 6.56. The topological polar surface area (TPSA) is 69.0 Å². The number of hydrogen-bond acceptors (Lipinski definition) is 4. The molecule has 0 fully saturated rings. The van der Waals surface area contributed by atoms with E-state index in [2.05, 4.69) is 10.5 Å². The van der Waals surface area contributed by atoms with E-state index in [1.807, 2.05) is 55.9 Å². The Labute approximate surface area is 117 Å². The van der Waals surface area contributed by atoms with Crippen LogP contribution in [0.4, 0.5) is 0 Å². The van der Waals surface area contributed by atoms with Crippen molar-refractivity contribution in [2.45, 2.75) is 19.9 Å². The third kappa shape index (κ3) is 1.92. The molecule has 0 saturated carbocycles. The maximum atomic E-state index is 5.92. The van der Waals surface area contributed by atoms with Crippen LogP contribution in [0, 0.1) is 13.8 Å². The summed E-state index contributed by atoms with van der Waals surface area (Å²) in [7, 11) is 1.93. The Morgan fingerprint density at radius 1 is 1.30 bits per heavy atom. The molecule has 5 nitrogen and oxygen atoms in total. The standard InChI is InChI=1S/C15H18N4O/c1-9-14(10(2)19(3)18-9)15(17-16)13-8-11-6-4-5-7-12(11)20-13/h4-8,15,17H,16H2,1-3H3. The molecular weight excluding hydrogens is 252 g/mol. The number of nitrogens with one attached hydrogen (secondary N) is 1. The van der Waals surface area contributed by atoms with E-state index in [1.54, 1.807) is 0 Å². The average molecular weight is 270 g/mol. The Hall–Kier alpha value is -2.11. The molecule has 0 aliphatic heterocycles. The predicted octanol–water partition coefficient (Wildman–Crippen LogP) is 2.34. The number of furan rings is 1. The molecule has 0 aliphatic carbocycles. The molecule has 0 amide bonds. The van der Waals surface area contributed by atoms with E-state index in [0.717, 1.165) is 33.7 Å². The lowest BCUT2D eigenvalue weighted by Crippen LogP contribution is -2.29. The molecule has 0 bridgehead atoms. The van der Waals surface area contributed by atoms with Crippen molar-refractivity contribution in [3.05, 3.63) is 53.0 Å². The number of hydrogen-bond donors (Lipinski definition) is 2. The summed E-state index contributed by atoms with van der Waals surface area (Å²) in [6.45, 7) is 4.01. The normalized spacial score (nSPS) is 13.0. The molecule has 3 N–H and O–H groups in total. The molecule has 0 radical (unpaired) electrons. The van der Waals surface area contributed by atoms with Gasteiger partial charge in [0.1, 0.15) is 17.4 Å². The highest BCUT2D eigenvalue weighted by Crippen LogP contribution is 2.30. The van der Waals surface area contributed by atoms with Crippen LogP contribution in [-0.4, -0.2) is 9.78 Å². The number of nitrogens with two attached hydrogens (primary N) is 1. The summed E-state index contributed by atoms with van der Waals surface area (Å²) in [6, 6.07) is 9.75. The van der Waals surface area contributed by atoms with Crippen LogP contribution in [0.1, 0.15) is 28.8 Å². The smallest absolute Gasteiger partial charge is 0.134 e. The Balaban J connectivity index is 2.13. The Bertz CT molecular complexity index is 723.